The standard InChI is InChI=1S/C14H18N4O4/c1-5-6-7-17-12(19)10-11(16(3)14(17)21)15-8-18(10)9(2)13(20)22-4/h8-9,14,21H,7H2,1-4H3/t9-,14?/m0/s1. The van der Waals surface area contributed by atoms with Crippen LogP contribution in [0.15, 0.2) is 6.33 Å². The molecule has 0 saturated carbocycles. The number of carbonyl (C=O) groups excluding carboxylic acids is 2. The molecule has 2 atom stereocenters. The Morgan fingerprint density at radius 1 is 1.59 bits per heavy atom. The van der Waals surface area contributed by atoms with Crippen molar-refractivity contribution >= 4 is 17.7 Å². The molecule has 1 aliphatic heterocycles. The van der Waals surface area contributed by atoms with Crippen molar-refractivity contribution in [2.75, 3.05) is 25.6 Å². The number of anilines is 1. The zero-order chi connectivity index (χ0) is 16.4. The lowest BCUT2D eigenvalue weighted by Gasteiger charge is -2.37. The monoisotopic (exact) mass is 306 g/mol. The van der Waals surface area contributed by atoms with Gasteiger partial charge in [0.1, 0.15) is 6.04 Å². The second-order valence-electron chi connectivity index (χ2n) is 4.84. The van der Waals surface area contributed by atoms with Gasteiger partial charge in [-0.2, -0.15) is 0 Å². The molecule has 1 N–H and O–H groups in total. The number of methoxy groups -OCH3 is 1. The number of hydrogen-bond donors (Lipinski definition) is 1. The summed E-state index contributed by atoms with van der Waals surface area (Å²) in [6, 6.07) is -0.701. The average molecular weight is 306 g/mol. The molecule has 1 aromatic rings. The first-order chi connectivity index (χ1) is 10.4. The first-order valence-electron chi connectivity index (χ1n) is 6.70. The van der Waals surface area contributed by atoms with Gasteiger partial charge in [-0.25, -0.2) is 9.78 Å². The Morgan fingerprint density at radius 3 is 2.86 bits per heavy atom. The van der Waals surface area contributed by atoms with Crippen LogP contribution in [0, 0.1) is 11.8 Å². The second kappa shape index (κ2) is 6.07. The van der Waals surface area contributed by atoms with Gasteiger partial charge in [-0.1, -0.05) is 5.92 Å². The number of hydrogen-bond acceptors (Lipinski definition) is 6. The molecule has 2 heterocycles. The van der Waals surface area contributed by atoms with Crippen LogP contribution < -0.4 is 4.90 Å². The molecule has 0 bridgehead atoms. The molecule has 22 heavy (non-hydrogen) atoms. The molecule has 1 unspecified atom stereocenters. The van der Waals surface area contributed by atoms with Crippen LogP contribution in [-0.2, 0) is 9.53 Å². The van der Waals surface area contributed by atoms with E-state index in [-0.39, 0.29) is 12.2 Å². The molecule has 8 heteroatoms. The summed E-state index contributed by atoms with van der Waals surface area (Å²) in [4.78, 5) is 31.1. The molecular weight excluding hydrogens is 288 g/mol. The number of aliphatic hydroxyl groups is 1. The highest BCUT2D eigenvalue weighted by Crippen LogP contribution is 2.29. The zero-order valence-corrected chi connectivity index (χ0v) is 12.9. The summed E-state index contributed by atoms with van der Waals surface area (Å²) in [5.41, 5.74) is 0.226. The van der Waals surface area contributed by atoms with Crippen LogP contribution in [0.1, 0.15) is 30.4 Å². The Hall–Kier alpha value is -2.53. The van der Waals surface area contributed by atoms with Crippen LogP contribution in [0.3, 0.4) is 0 Å². The average Bonchev–Trinajstić information content (AvgIpc) is 2.96. The Balaban J connectivity index is 2.47. The van der Waals surface area contributed by atoms with Gasteiger partial charge in [0.05, 0.1) is 20.0 Å². The van der Waals surface area contributed by atoms with Crippen LogP contribution in [0.5, 0.6) is 0 Å². The molecule has 1 aromatic heterocycles. The van der Waals surface area contributed by atoms with Crippen molar-refractivity contribution in [3.63, 3.8) is 0 Å². The number of aromatic nitrogens is 2. The third-order valence-electron chi connectivity index (χ3n) is 3.58. The Bertz CT molecular complexity index is 658. The zero-order valence-electron chi connectivity index (χ0n) is 12.9. The van der Waals surface area contributed by atoms with Crippen LogP contribution in [0.25, 0.3) is 0 Å². The highest BCUT2D eigenvalue weighted by atomic mass is 16.5. The maximum absolute atomic E-state index is 12.6. The quantitative estimate of drug-likeness (QED) is 0.615. The number of carbonyl (C=O) groups is 2. The van der Waals surface area contributed by atoms with E-state index >= 15 is 0 Å². The predicted octanol–water partition coefficient (Wildman–Crippen LogP) is -0.192. The van der Waals surface area contributed by atoms with E-state index in [9.17, 15) is 14.7 Å². The lowest BCUT2D eigenvalue weighted by molar-refractivity contribution is -0.144. The fraction of sp³-hybridized carbons (Fsp3) is 0.500. The van der Waals surface area contributed by atoms with Gasteiger partial charge in [-0.05, 0) is 13.8 Å². The van der Waals surface area contributed by atoms with Crippen LogP contribution in [0.4, 0.5) is 5.82 Å². The van der Waals surface area contributed by atoms with E-state index < -0.39 is 24.3 Å². The highest BCUT2D eigenvalue weighted by Gasteiger charge is 2.39. The summed E-state index contributed by atoms with van der Waals surface area (Å²) in [5.74, 6) is 4.83. The van der Waals surface area contributed by atoms with Crippen molar-refractivity contribution in [2.24, 2.45) is 0 Å². The van der Waals surface area contributed by atoms with Gasteiger partial charge >= 0.3 is 5.97 Å². The van der Waals surface area contributed by atoms with Gasteiger partial charge in [0.25, 0.3) is 5.91 Å². The predicted molar refractivity (Wildman–Crippen MR) is 77.9 cm³/mol. The fourth-order valence-corrected chi connectivity index (χ4v) is 2.27. The molecule has 0 aliphatic carbocycles. The SMILES string of the molecule is CC#CCN1C(=O)c2c(ncn2[C@@H](C)C(=O)OC)N(C)C1O. The van der Waals surface area contributed by atoms with E-state index in [2.05, 4.69) is 16.8 Å². The number of imidazole rings is 1. The Kier molecular flexibility index (Phi) is 4.37. The van der Waals surface area contributed by atoms with Crippen molar-refractivity contribution in [1.29, 1.82) is 0 Å². The molecule has 2 rings (SSSR count). The third kappa shape index (κ3) is 2.40. The molecule has 0 spiro atoms. The molecule has 8 nitrogen and oxygen atoms in total. The fourth-order valence-electron chi connectivity index (χ4n) is 2.27. The van der Waals surface area contributed by atoms with Gasteiger partial charge in [0.15, 0.2) is 11.5 Å². The van der Waals surface area contributed by atoms with E-state index in [0.717, 1.165) is 0 Å². The molecule has 118 valence electrons. The summed E-state index contributed by atoms with van der Waals surface area (Å²) in [6.07, 6.45) is 0.236. The smallest absolute Gasteiger partial charge is 0.328 e. The number of amides is 1. The van der Waals surface area contributed by atoms with Gasteiger partial charge in [0, 0.05) is 7.05 Å². The van der Waals surface area contributed by atoms with Crippen LogP contribution in [-0.4, -0.2) is 58.5 Å². The first kappa shape index (κ1) is 15.9. The lowest BCUT2D eigenvalue weighted by Crippen LogP contribution is -2.54. The van der Waals surface area contributed by atoms with Gasteiger partial charge < -0.3 is 19.3 Å². The maximum Gasteiger partial charge on any atom is 0.328 e. The number of esters is 1. The van der Waals surface area contributed by atoms with Gasteiger partial charge in [-0.3, -0.25) is 9.69 Å². The third-order valence-corrected chi connectivity index (χ3v) is 3.58. The molecule has 1 aliphatic rings. The number of rotatable bonds is 3. The van der Waals surface area contributed by atoms with Crippen LogP contribution >= 0.6 is 0 Å². The van der Waals surface area contributed by atoms with Crippen molar-refractivity contribution in [3.8, 4) is 11.8 Å². The second-order valence-corrected chi connectivity index (χ2v) is 4.84. The summed E-state index contributed by atoms with van der Waals surface area (Å²) in [5, 5.41) is 10.2. The summed E-state index contributed by atoms with van der Waals surface area (Å²) in [7, 11) is 2.89. The molecule has 0 aromatic carbocycles. The van der Waals surface area contributed by atoms with E-state index in [1.54, 1.807) is 20.9 Å². The number of nitrogens with zero attached hydrogens (tertiary/aromatic N) is 4. The molecule has 0 fully saturated rings. The summed E-state index contributed by atoms with van der Waals surface area (Å²) >= 11 is 0. The molecule has 0 saturated heterocycles. The van der Waals surface area contributed by atoms with E-state index in [0.29, 0.717) is 5.82 Å². The molecule has 1 amide bonds. The van der Waals surface area contributed by atoms with Crippen molar-refractivity contribution in [3.05, 3.63) is 12.0 Å². The van der Waals surface area contributed by atoms with E-state index in [4.69, 9.17) is 4.74 Å². The maximum atomic E-state index is 12.6. The van der Waals surface area contributed by atoms with Crippen LogP contribution in [0.2, 0.25) is 0 Å². The number of fused-ring (bicyclic) bond motifs is 1. The van der Waals surface area contributed by atoms with Crippen molar-refractivity contribution in [1.82, 2.24) is 14.5 Å². The Labute approximate surface area is 128 Å². The minimum absolute atomic E-state index is 0.0814. The van der Waals surface area contributed by atoms with Gasteiger partial charge in [0.2, 0.25) is 6.35 Å². The van der Waals surface area contributed by atoms with Crippen molar-refractivity contribution < 1.29 is 19.4 Å². The number of aliphatic hydroxyl groups excluding tert-OH is 1. The van der Waals surface area contributed by atoms with Gasteiger partial charge in [-0.15, -0.1) is 5.92 Å². The molecule has 0 radical (unpaired) electrons. The topological polar surface area (TPSA) is 87.9 Å². The van der Waals surface area contributed by atoms with Crippen molar-refractivity contribution in [2.45, 2.75) is 26.2 Å². The minimum Gasteiger partial charge on any atom is -0.467 e. The van der Waals surface area contributed by atoms with E-state index in [1.165, 1.54) is 27.8 Å². The lowest BCUT2D eigenvalue weighted by atomic mass is 10.2. The number of ether oxygens (including phenoxy) is 1. The summed E-state index contributed by atoms with van der Waals surface area (Å²) in [6.45, 7) is 3.35. The largest absolute Gasteiger partial charge is 0.467 e. The molecular formula is C14H18N4O4. The highest BCUT2D eigenvalue weighted by molar-refractivity contribution is 6.00. The normalized spacial score (nSPS) is 18.4. The Morgan fingerprint density at radius 2 is 2.27 bits per heavy atom. The first-order valence-corrected chi connectivity index (χ1v) is 6.70. The van der Waals surface area contributed by atoms with E-state index in [1.807, 2.05) is 0 Å². The summed E-state index contributed by atoms with van der Waals surface area (Å²) < 4.78 is 6.15. The minimum atomic E-state index is -1.15.